The molecule has 1 amide bonds. The molecule has 0 unspecified atom stereocenters. The van der Waals surface area contributed by atoms with Gasteiger partial charge in [-0.2, -0.15) is 0 Å². The number of thiophene rings is 2. The Bertz CT molecular complexity index is 443. The zero-order valence-corrected chi connectivity index (χ0v) is 12.6. The second kappa shape index (κ2) is 7.43. The van der Waals surface area contributed by atoms with Crippen LogP contribution in [0.2, 0.25) is 0 Å². The van der Waals surface area contributed by atoms with Gasteiger partial charge in [0.1, 0.15) is 0 Å². The number of carbonyl (C=O) groups excluding carboxylic acids is 1. The monoisotopic (exact) mass is 294 g/mol. The third-order valence-electron chi connectivity index (χ3n) is 2.66. The van der Waals surface area contributed by atoms with Crippen LogP contribution in [0, 0.1) is 0 Å². The molecule has 5 heteroatoms. The van der Waals surface area contributed by atoms with Crippen molar-refractivity contribution in [1.29, 1.82) is 0 Å². The van der Waals surface area contributed by atoms with Gasteiger partial charge in [-0.3, -0.25) is 9.69 Å². The van der Waals surface area contributed by atoms with E-state index in [-0.39, 0.29) is 5.91 Å². The van der Waals surface area contributed by atoms with Crippen LogP contribution in [0.25, 0.3) is 0 Å². The number of rotatable bonds is 7. The Hall–Kier alpha value is -1.17. The average Bonchev–Trinajstić information content (AvgIpc) is 3.02. The molecule has 2 rings (SSSR count). The van der Waals surface area contributed by atoms with Crippen molar-refractivity contribution in [3.05, 3.63) is 44.8 Å². The minimum atomic E-state index is 0.0932. The predicted molar refractivity (Wildman–Crippen MR) is 81.4 cm³/mol. The van der Waals surface area contributed by atoms with Crippen LogP contribution < -0.4 is 5.32 Å². The fourth-order valence-electron chi connectivity index (χ4n) is 1.87. The summed E-state index contributed by atoms with van der Waals surface area (Å²) in [4.78, 5) is 16.5. The van der Waals surface area contributed by atoms with Gasteiger partial charge in [0.15, 0.2) is 0 Å². The van der Waals surface area contributed by atoms with E-state index in [0.717, 1.165) is 13.1 Å². The molecule has 2 aromatic rings. The lowest BCUT2D eigenvalue weighted by Gasteiger charge is -2.20. The molecule has 0 bridgehead atoms. The van der Waals surface area contributed by atoms with Crippen LogP contribution in [0.4, 0.5) is 0 Å². The Labute approximate surface area is 121 Å². The second-order valence-electron chi connectivity index (χ2n) is 4.26. The molecule has 3 nitrogen and oxygen atoms in total. The molecule has 0 saturated carbocycles. The summed E-state index contributed by atoms with van der Waals surface area (Å²) >= 11 is 3.47. The van der Waals surface area contributed by atoms with Gasteiger partial charge in [-0.25, -0.2) is 0 Å². The fraction of sp³-hybridized carbons (Fsp3) is 0.357. The summed E-state index contributed by atoms with van der Waals surface area (Å²) in [6.07, 6.45) is 0. The third kappa shape index (κ3) is 4.78. The molecule has 2 heterocycles. The van der Waals surface area contributed by atoms with E-state index in [1.807, 2.05) is 6.92 Å². The van der Waals surface area contributed by atoms with Gasteiger partial charge in [0, 0.05) is 29.4 Å². The first-order valence-corrected chi connectivity index (χ1v) is 8.07. The Balaban J connectivity index is 1.97. The Morgan fingerprint density at radius 2 is 1.74 bits per heavy atom. The first-order valence-electron chi connectivity index (χ1n) is 6.31. The summed E-state index contributed by atoms with van der Waals surface area (Å²) < 4.78 is 0. The first-order chi connectivity index (χ1) is 9.28. The van der Waals surface area contributed by atoms with Gasteiger partial charge in [-0.1, -0.05) is 12.1 Å². The van der Waals surface area contributed by atoms with Crippen molar-refractivity contribution in [1.82, 2.24) is 10.2 Å². The molecule has 2 aromatic heterocycles. The van der Waals surface area contributed by atoms with E-state index < -0.39 is 0 Å². The van der Waals surface area contributed by atoms with Gasteiger partial charge in [0.25, 0.3) is 0 Å². The summed E-state index contributed by atoms with van der Waals surface area (Å²) in [5, 5.41) is 7.01. The molecule has 0 aliphatic heterocycles. The number of carbonyl (C=O) groups is 1. The number of hydrogen-bond acceptors (Lipinski definition) is 4. The topological polar surface area (TPSA) is 32.3 Å². The molecular weight excluding hydrogens is 276 g/mol. The van der Waals surface area contributed by atoms with Gasteiger partial charge in [-0.15, -0.1) is 22.7 Å². The molecule has 0 fully saturated rings. The minimum absolute atomic E-state index is 0.0932. The lowest BCUT2D eigenvalue weighted by atomic mass is 10.3. The van der Waals surface area contributed by atoms with E-state index in [1.54, 1.807) is 22.7 Å². The van der Waals surface area contributed by atoms with E-state index >= 15 is 0 Å². The molecule has 0 spiro atoms. The van der Waals surface area contributed by atoms with Crippen LogP contribution in [0.1, 0.15) is 16.7 Å². The number of nitrogens with one attached hydrogen (secondary N) is 1. The number of amides is 1. The summed E-state index contributed by atoms with van der Waals surface area (Å²) in [7, 11) is 0. The van der Waals surface area contributed by atoms with Crippen LogP contribution in [-0.2, 0) is 17.9 Å². The third-order valence-corrected chi connectivity index (χ3v) is 4.38. The number of nitrogens with zero attached hydrogens (tertiary/aromatic N) is 1. The van der Waals surface area contributed by atoms with Crippen molar-refractivity contribution in [2.75, 3.05) is 13.1 Å². The first kappa shape index (κ1) is 14.2. The molecular formula is C14H18N2OS2. The van der Waals surface area contributed by atoms with Gasteiger partial charge in [-0.05, 0) is 29.8 Å². The van der Waals surface area contributed by atoms with Crippen molar-refractivity contribution in [2.45, 2.75) is 20.0 Å². The predicted octanol–water partition coefficient (Wildman–Crippen LogP) is 2.95. The maximum Gasteiger partial charge on any atom is 0.234 e. The molecule has 0 aromatic carbocycles. The maximum absolute atomic E-state index is 11.8. The maximum atomic E-state index is 11.8. The molecule has 19 heavy (non-hydrogen) atoms. The van der Waals surface area contributed by atoms with E-state index in [4.69, 9.17) is 0 Å². The van der Waals surface area contributed by atoms with E-state index in [2.05, 4.69) is 45.2 Å². The Morgan fingerprint density at radius 3 is 2.16 bits per heavy atom. The van der Waals surface area contributed by atoms with Crippen molar-refractivity contribution >= 4 is 28.6 Å². The van der Waals surface area contributed by atoms with Crippen molar-refractivity contribution in [3.8, 4) is 0 Å². The summed E-state index contributed by atoms with van der Waals surface area (Å²) in [6, 6.07) is 8.33. The average molecular weight is 294 g/mol. The molecule has 1 N–H and O–H groups in total. The molecule has 0 aliphatic carbocycles. The molecule has 0 aliphatic rings. The van der Waals surface area contributed by atoms with Crippen LogP contribution in [0.3, 0.4) is 0 Å². The summed E-state index contributed by atoms with van der Waals surface area (Å²) in [5.41, 5.74) is 0. The highest BCUT2D eigenvalue weighted by Gasteiger charge is 2.12. The second-order valence-corrected chi connectivity index (χ2v) is 6.32. The molecule has 0 atom stereocenters. The SMILES string of the molecule is CCNC(=O)CN(Cc1cccs1)Cc1cccs1. The zero-order chi connectivity index (χ0) is 13.5. The van der Waals surface area contributed by atoms with Crippen molar-refractivity contribution < 1.29 is 4.79 Å². The summed E-state index contributed by atoms with van der Waals surface area (Å²) in [6.45, 7) is 4.73. The summed E-state index contributed by atoms with van der Waals surface area (Å²) in [5.74, 6) is 0.0932. The van der Waals surface area contributed by atoms with Crippen LogP contribution in [0.15, 0.2) is 35.0 Å². The zero-order valence-electron chi connectivity index (χ0n) is 11.0. The van der Waals surface area contributed by atoms with Gasteiger partial charge >= 0.3 is 0 Å². The number of hydrogen-bond donors (Lipinski definition) is 1. The van der Waals surface area contributed by atoms with E-state index in [0.29, 0.717) is 13.1 Å². The quantitative estimate of drug-likeness (QED) is 0.851. The highest BCUT2D eigenvalue weighted by Crippen LogP contribution is 2.16. The minimum Gasteiger partial charge on any atom is -0.355 e. The van der Waals surface area contributed by atoms with Crippen LogP contribution in [0.5, 0.6) is 0 Å². The van der Waals surface area contributed by atoms with Gasteiger partial charge in [0.05, 0.1) is 6.54 Å². The smallest absolute Gasteiger partial charge is 0.234 e. The standard InChI is InChI=1S/C14H18N2OS2/c1-2-15-14(17)11-16(9-12-5-3-7-18-12)10-13-6-4-8-19-13/h3-8H,2,9-11H2,1H3,(H,15,17). The highest BCUT2D eigenvalue weighted by molar-refractivity contribution is 7.10. The highest BCUT2D eigenvalue weighted by atomic mass is 32.1. The molecule has 102 valence electrons. The largest absolute Gasteiger partial charge is 0.355 e. The van der Waals surface area contributed by atoms with Gasteiger partial charge < -0.3 is 5.32 Å². The van der Waals surface area contributed by atoms with Crippen molar-refractivity contribution in [3.63, 3.8) is 0 Å². The fourth-order valence-corrected chi connectivity index (χ4v) is 3.36. The molecule has 0 radical (unpaired) electrons. The number of likely N-dealkylation sites (N-methyl/N-ethyl adjacent to an activating group) is 1. The van der Waals surface area contributed by atoms with Crippen LogP contribution in [-0.4, -0.2) is 23.9 Å². The lowest BCUT2D eigenvalue weighted by Crippen LogP contribution is -2.36. The van der Waals surface area contributed by atoms with Crippen molar-refractivity contribution in [2.24, 2.45) is 0 Å². The van der Waals surface area contributed by atoms with E-state index in [1.165, 1.54) is 9.75 Å². The Morgan fingerprint density at radius 1 is 1.16 bits per heavy atom. The Kier molecular flexibility index (Phi) is 5.57. The van der Waals surface area contributed by atoms with E-state index in [9.17, 15) is 4.79 Å². The van der Waals surface area contributed by atoms with Crippen LogP contribution >= 0.6 is 22.7 Å². The molecule has 0 saturated heterocycles. The van der Waals surface area contributed by atoms with Gasteiger partial charge in [0.2, 0.25) is 5.91 Å². The lowest BCUT2D eigenvalue weighted by molar-refractivity contribution is -0.122. The normalized spacial score (nSPS) is 10.8.